The standard InChI is InChI=1S/C14H20N4O3/c1-2-17-7-3-4-11(9-17)16-12-8-10(14(15)19)5-6-13(12)18(20)21/h5-6,8,11,16H,2-4,7,9H2,1H3,(H2,15,19). The van der Waals surface area contributed by atoms with Crippen LogP contribution in [-0.2, 0) is 0 Å². The van der Waals surface area contributed by atoms with Crippen LogP contribution in [0.15, 0.2) is 18.2 Å². The highest BCUT2D eigenvalue weighted by atomic mass is 16.6. The number of nitro benzene ring substituents is 1. The highest BCUT2D eigenvalue weighted by Gasteiger charge is 2.22. The van der Waals surface area contributed by atoms with Crippen LogP contribution in [0.1, 0.15) is 30.1 Å². The van der Waals surface area contributed by atoms with E-state index in [0.29, 0.717) is 5.69 Å². The number of anilines is 1. The predicted molar refractivity (Wildman–Crippen MR) is 80.4 cm³/mol. The lowest BCUT2D eigenvalue weighted by atomic mass is 10.0. The average molecular weight is 292 g/mol. The lowest BCUT2D eigenvalue weighted by molar-refractivity contribution is -0.384. The number of primary amides is 1. The number of carbonyl (C=O) groups is 1. The summed E-state index contributed by atoms with van der Waals surface area (Å²) in [5, 5.41) is 14.3. The van der Waals surface area contributed by atoms with Crippen molar-refractivity contribution >= 4 is 17.3 Å². The Morgan fingerprint density at radius 2 is 2.33 bits per heavy atom. The van der Waals surface area contributed by atoms with Crippen molar-refractivity contribution in [1.82, 2.24) is 4.90 Å². The van der Waals surface area contributed by atoms with Gasteiger partial charge in [0.25, 0.3) is 5.69 Å². The van der Waals surface area contributed by atoms with E-state index in [9.17, 15) is 14.9 Å². The van der Waals surface area contributed by atoms with Crippen LogP contribution in [0.25, 0.3) is 0 Å². The van der Waals surface area contributed by atoms with Gasteiger partial charge in [-0.25, -0.2) is 0 Å². The molecule has 7 nitrogen and oxygen atoms in total. The Kier molecular flexibility index (Phi) is 4.74. The maximum absolute atomic E-state index is 11.2. The topological polar surface area (TPSA) is 102 Å². The molecule has 0 bridgehead atoms. The van der Waals surface area contributed by atoms with E-state index in [1.54, 1.807) is 0 Å². The van der Waals surface area contributed by atoms with Gasteiger partial charge in [-0.2, -0.15) is 0 Å². The molecule has 1 saturated heterocycles. The summed E-state index contributed by atoms with van der Waals surface area (Å²) in [4.78, 5) is 24.2. The minimum atomic E-state index is -0.591. The monoisotopic (exact) mass is 292 g/mol. The molecule has 7 heteroatoms. The van der Waals surface area contributed by atoms with Crippen LogP contribution in [0.3, 0.4) is 0 Å². The van der Waals surface area contributed by atoms with E-state index >= 15 is 0 Å². The number of likely N-dealkylation sites (N-methyl/N-ethyl adjacent to an activating group) is 1. The van der Waals surface area contributed by atoms with Crippen LogP contribution < -0.4 is 11.1 Å². The number of amides is 1. The lowest BCUT2D eigenvalue weighted by Crippen LogP contribution is -2.41. The minimum Gasteiger partial charge on any atom is -0.375 e. The lowest BCUT2D eigenvalue weighted by Gasteiger charge is -2.32. The van der Waals surface area contributed by atoms with Gasteiger partial charge in [0.05, 0.1) is 4.92 Å². The molecular formula is C14H20N4O3. The second kappa shape index (κ2) is 6.53. The van der Waals surface area contributed by atoms with Gasteiger partial charge in [0.15, 0.2) is 0 Å². The Balaban J connectivity index is 2.22. The second-order valence-corrected chi connectivity index (χ2v) is 5.23. The Labute approximate surface area is 123 Å². The molecule has 2 rings (SSSR count). The minimum absolute atomic E-state index is 0.0337. The van der Waals surface area contributed by atoms with Gasteiger partial charge in [0, 0.05) is 24.2 Å². The van der Waals surface area contributed by atoms with Gasteiger partial charge in [-0.05, 0) is 38.1 Å². The number of hydrogen-bond acceptors (Lipinski definition) is 5. The maximum Gasteiger partial charge on any atom is 0.292 e. The fourth-order valence-corrected chi connectivity index (χ4v) is 2.64. The predicted octanol–water partition coefficient (Wildman–Crippen LogP) is 1.59. The van der Waals surface area contributed by atoms with Crippen LogP contribution in [0, 0.1) is 10.1 Å². The van der Waals surface area contributed by atoms with E-state index in [2.05, 4.69) is 17.1 Å². The Morgan fingerprint density at radius 3 is 2.95 bits per heavy atom. The van der Waals surface area contributed by atoms with Crippen molar-refractivity contribution in [2.75, 3.05) is 25.0 Å². The number of nitro groups is 1. The summed E-state index contributed by atoms with van der Waals surface area (Å²) in [5.74, 6) is -0.591. The number of carbonyl (C=O) groups excluding carboxylic acids is 1. The molecule has 0 aliphatic carbocycles. The van der Waals surface area contributed by atoms with Crippen LogP contribution in [0.4, 0.5) is 11.4 Å². The molecule has 1 fully saturated rings. The number of nitrogens with two attached hydrogens (primary N) is 1. The molecule has 1 atom stereocenters. The van der Waals surface area contributed by atoms with E-state index in [4.69, 9.17) is 5.73 Å². The van der Waals surface area contributed by atoms with Crippen LogP contribution in [0.2, 0.25) is 0 Å². The Morgan fingerprint density at radius 1 is 1.57 bits per heavy atom. The van der Waals surface area contributed by atoms with Crippen molar-refractivity contribution in [2.45, 2.75) is 25.8 Å². The van der Waals surface area contributed by atoms with E-state index in [1.165, 1.54) is 18.2 Å². The molecule has 1 aliphatic rings. The molecule has 1 aliphatic heterocycles. The maximum atomic E-state index is 11.2. The smallest absolute Gasteiger partial charge is 0.292 e. The largest absolute Gasteiger partial charge is 0.375 e. The number of nitrogens with zero attached hydrogens (tertiary/aromatic N) is 2. The van der Waals surface area contributed by atoms with E-state index in [-0.39, 0.29) is 17.3 Å². The van der Waals surface area contributed by atoms with Crippen molar-refractivity contribution in [3.05, 3.63) is 33.9 Å². The average Bonchev–Trinajstić information content (AvgIpc) is 2.47. The number of nitrogens with one attached hydrogen (secondary N) is 1. The zero-order valence-electron chi connectivity index (χ0n) is 12.0. The molecule has 3 N–H and O–H groups in total. The quantitative estimate of drug-likeness (QED) is 0.634. The molecule has 0 aromatic heterocycles. The van der Waals surface area contributed by atoms with Crippen LogP contribution in [0.5, 0.6) is 0 Å². The highest BCUT2D eigenvalue weighted by Crippen LogP contribution is 2.27. The number of benzene rings is 1. The third kappa shape index (κ3) is 3.69. The summed E-state index contributed by atoms with van der Waals surface area (Å²) < 4.78 is 0. The molecule has 21 heavy (non-hydrogen) atoms. The SMILES string of the molecule is CCN1CCCC(Nc2cc(C(N)=O)ccc2[N+](=O)[O-])C1. The summed E-state index contributed by atoms with van der Waals surface area (Å²) in [7, 11) is 0. The molecule has 114 valence electrons. The molecular weight excluding hydrogens is 272 g/mol. The summed E-state index contributed by atoms with van der Waals surface area (Å²) in [6, 6.07) is 4.31. The van der Waals surface area contributed by atoms with E-state index in [1.807, 2.05) is 0 Å². The van der Waals surface area contributed by atoms with E-state index in [0.717, 1.165) is 32.5 Å². The number of likely N-dealkylation sites (tertiary alicyclic amines) is 1. The Bertz CT molecular complexity index is 547. The molecule has 0 saturated carbocycles. The van der Waals surface area contributed by atoms with Crippen molar-refractivity contribution in [3.8, 4) is 0 Å². The number of piperidine rings is 1. The molecule has 1 aromatic carbocycles. The summed E-state index contributed by atoms with van der Waals surface area (Å²) >= 11 is 0. The molecule has 1 amide bonds. The first-order valence-corrected chi connectivity index (χ1v) is 7.08. The molecule has 1 unspecified atom stereocenters. The Hall–Kier alpha value is -2.15. The van der Waals surface area contributed by atoms with Crippen LogP contribution >= 0.6 is 0 Å². The number of hydrogen-bond donors (Lipinski definition) is 2. The van der Waals surface area contributed by atoms with Gasteiger partial charge in [0.2, 0.25) is 5.91 Å². The van der Waals surface area contributed by atoms with Crippen molar-refractivity contribution < 1.29 is 9.72 Å². The number of rotatable bonds is 5. The normalized spacial score (nSPS) is 19.2. The zero-order valence-corrected chi connectivity index (χ0v) is 12.0. The third-order valence-electron chi connectivity index (χ3n) is 3.79. The molecule has 1 heterocycles. The molecule has 1 aromatic rings. The zero-order chi connectivity index (χ0) is 15.4. The van der Waals surface area contributed by atoms with Gasteiger partial charge in [-0.3, -0.25) is 14.9 Å². The summed E-state index contributed by atoms with van der Waals surface area (Å²) in [6.45, 7) is 4.95. The fourth-order valence-electron chi connectivity index (χ4n) is 2.64. The van der Waals surface area contributed by atoms with E-state index < -0.39 is 10.8 Å². The summed E-state index contributed by atoms with van der Waals surface area (Å²) in [6.07, 6.45) is 2.00. The van der Waals surface area contributed by atoms with Gasteiger partial charge in [-0.15, -0.1) is 0 Å². The molecule has 0 radical (unpaired) electrons. The van der Waals surface area contributed by atoms with Gasteiger partial charge >= 0.3 is 0 Å². The third-order valence-corrected chi connectivity index (χ3v) is 3.79. The first-order valence-electron chi connectivity index (χ1n) is 7.08. The summed E-state index contributed by atoms with van der Waals surface area (Å²) in [5.41, 5.74) is 5.84. The first-order chi connectivity index (χ1) is 10.0. The van der Waals surface area contributed by atoms with Crippen LogP contribution in [-0.4, -0.2) is 41.4 Å². The van der Waals surface area contributed by atoms with Crippen molar-refractivity contribution in [3.63, 3.8) is 0 Å². The molecule has 0 spiro atoms. The van der Waals surface area contributed by atoms with Gasteiger partial charge < -0.3 is 16.0 Å². The second-order valence-electron chi connectivity index (χ2n) is 5.23. The van der Waals surface area contributed by atoms with Crippen molar-refractivity contribution in [2.24, 2.45) is 5.73 Å². The van der Waals surface area contributed by atoms with Gasteiger partial charge in [0.1, 0.15) is 5.69 Å². The van der Waals surface area contributed by atoms with Crippen molar-refractivity contribution in [1.29, 1.82) is 0 Å². The highest BCUT2D eigenvalue weighted by molar-refractivity contribution is 5.94. The first kappa shape index (κ1) is 15.2. The van der Waals surface area contributed by atoms with Gasteiger partial charge in [-0.1, -0.05) is 6.92 Å². The fraction of sp³-hybridized carbons (Fsp3) is 0.500.